The molecule has 0 unspecified atom stereocenters. The van der Waals surface area contributed by atoms with Crippen molar-refractivity contribution in [3.63, 3.8) is 0 Å². The van der Waals surface area contributed by atoms with E-state index in [1.807, 2.05) is 104 Å². The van der Waals surface area contributed by atoms with Gasteiger partial charge in [-0.05, 0) is 243 Å². The van der Waals surface area contributed by atoms with Crippen LogP contribution in [0.15, 0.2) is 175 Å². The van der Waals surface area contributed by atoms with Gasteiger partial charge in [0.05, 0.1) is 7.11 Å². The summed E-state index contributed by atoms with van der Waals surface area (Å²) in [5.74, 6) is 3.40. The smallest absolute Gasteiger partial charge is 0.157 e. The van der Waals surface area contributed by atoms with Gasteiger partial charge in [-0.3, -0.25) is 48.8 Å². The molecule has 7 atom stereocenters. The minimum atomic E-state index is -0.677. The van der Waals surface area contributed by atoms with E-state index in [4.69, 9.17) is 4.74 Å². The maximum Gasteiger partial charge on any atom is 0.157 e. The molecule has 5 aromatic carbocycles. The van der Waals surface area contributed by atoms with Crippen LogP contribution in [0.1, 0.15) is 270 Å². The summed E-state index contributed by atoms with van der Waals surface area (Å²) in [4.78, 5) is 92.6. The summed E-state index contributed by atoms with van der Waals surface area (Å²) in [5.41, 5.74) is 5.63. The van der Waals surface area contributed by atoms with Crippen molar-refractivity contribution in [2.45, 2.75) is 277 Å². The number of phenolic OH excluding ortho intramolecular Hbond substituents is 1. The summed E-state index contributed by atoms with van der Waals surface area (Å²) in [7, 11) is 7.19. The molecular formula is C98H132N8O9S. The van der Waals surface area contributed by atoms with E-state index >= 15 is 0 Å². The van der Waals surface area contributed by atoms with Crippen LogP contribution in [-0.4, -0.2) is 116 Å². The molecule has 8 aliphatic carbocycles. The van der Waals surface area contributed by atoms with Crippen LogP contribution >= 0.6 is 11.3 Å². The van der Waals surface area contributed by atoms with Crippen LogP contribution in [0.5, 0.6) is 11.5 Å². The molecule has 9 fully saturated rings. The monoisotopic (exact) mass is 1600 g/mol. The van der Waals surface area contributed by atoms with Gasteiger partial charge >= 0.3 is 0 Å². The predicted octanol–water partition coefficient (Wildman–Crippen LogP) is 17.8. The Bertz CT molecular complexity index is 4270. The fourth-order valence-corrected chi connectivity index (χ4v) is 19.8. The second kappa shape index (κ2) is 43.6. The lowest BCUT2D eigenvalue weighted by atomic mass is 9.73. The number of aryl methyl sites for hydroxylation is 1. The molecule has 18 heteroatoms. The SMILES string of the molecule is CCCN[C@]1(c2ccc(OC)cc2)CCCCC1=O.CCCN[C@]1(c2ccccc2C)CCCCC1=O.CN[C@]1(c2ccccc2O)CCCCC1=O.CN[C@]1(c2cccnc2)CCCCC1=O.CN[C@]1(c2ccsc2)CCCCC1=O.O=C1CCCC[C@@]1(c1ccccc1)N1CCC1.O=C1CCCC[C@]1(NC1CC1)c1ccccc1. The van der Waals surface area contributed by atoms with Gasteiger partial charge < -0.3 is 36.4 Å². The van der Waals surface area contributed by atoms with E-state index in [9.17, 15) is 38.7 Å². The highest BCUT2D eigenvalue weighted by atomic mass is 32.1. The number of ketones is 7. The third-order valence-electron chi connectivity index (χ3n) is 26.0. The zero-order valence-electron chi connectivity index (χ0n) is 70.5. The number of para-hydroxylation sites is 1. The molecule has 7 aromatic rings. The number of phenols is 1. The minimum absolute atomic E-state index is 0.183. The van der Waals surface area contributed by atoms with Gasteiger partial charge in [-0.25, -0.2) is 0 Å². The summed E-state index contributed by atoms with van der Waals surface area (Å²) in [6.45, 7) is 10.3. The number of likely N-dealkylation sites (N-methyl/N-ethyl adjacent to an activating group) is 3. The summed E-state index contributed by atoms with van der Waals surface area (Å²) in [6, 6.07) is 50.5. The van der Waals surface area contributed by atoms with E-state index in [1.165, 1.54) is 42.4 Å². The van der Waals surface area contributed by atoms with Gasteiger partial charge in [0.2, 0.25) is 0 Å². The number of carbonyl (C=O) groups is 7. The third kappa shape index (κ3) is 21.0. The van der Waals surface area contributed by atoms with Crippen molar-refractivity contribution in [1.82, 2.24) is 41.8 Å². The number of likely N-dealkylation sites (tertiary alicyclic amines) is 1. The fourth-order valence-electron chi connectivity index (χ4n) is 19.1. The van der Waals surface area contributed by atoms with E-state index in [0.717, 1.165) is 215 Å². The lowest BCUT2D eigenvalue weighted by Gasteiger charge is -2.50. The average molecular weight is 1600 g/mol. The first kappa shape index (κ1) is 90.3. The highest BCUT2D eigenvalue weighted by molar-refractivity contribution is 7.08. The van der Waals surface area contributed by atoms with E-state index in [1.54, 1.807) is 50.0 Å². The van der Waals surface area contributed by atoms with Gasteiger partial charge in [0, 0.05) is 82.0 Å². The van der Waals surface area contributed by atoms with Gasteiger partial charge in [0.1, 0.15) is 50.3 Å². The zero-order chi connectivity index (χ0) is 82.5. The maximum atomic E-state index is 12.5. The molecule has 624 valence electrons. The van der Waals surface area contributed by atoms with Crippen LogP contribution in [0.2, 0.25) is 0 Å². The minimum Gasteiger partial charge on any atom is -0.508 e. The molecule has 0 spiro atoms. The van der Waals surface area contributed by atoms with Gasteiger partial charge in [0.15, 0.2) is 40.5 Å². The molecule has 3 heterocycles. The number of carbonyl (C=O) groups excluding carboxylic acids is 7. The first-order valence-corrected chi connectivity index (χ1v) is 44.7. The number of aromatic nitrogens is 1. The summed E-state index contributed by atoms with van der Waals surface area (Å²) in [5, 5.41) is 34.2. The Kier molecular flexibility index (Phi) is 33.9. The Labute approximate surface area is 695 Å². The molecule has 2 aromatic heterocycles. The topological polar surface area (TPSA) is 237 Å². The Morgan fingerprint density at radius 3 is 1.28 bits per heavy atom. The number of rotatable bonds is 20. The van der Waals surface area contributed by atoms with E-state index in [-0.39, 0.29) is 28.1 Å². The Balaban J connectivity index is 0.000000143. The molecule has 0 bridgehead atoms. The number of nitrogens with one attached hydrogen (secondary N) is 6. The molecule has 16 rings (SSSR count). The third-order valence-corrected chi connectivity index (χ3v) is 26.7. The molecule has 0 radical (unpaired) electrons. The number of thiophene rings is 1. The van der Waals surface area contributed by atoms with Crippen LogP contribution in [0.3, 0.4) is 0 Å². The van der Waals surface area contributed by atoms with Crippen molar-refractivity contribution >= 4 is 51.8 Å². The Morgan fingerprint density at radius 1 is 0.422 bits per heavy atom. The maximum absolute atomic E-state index is 12.5. The molecule has 17 nitrogen and oxygen atoms in total. The number of Topliss-reactive ketones (excluding diaryl/α,β-unsaturated/α-hetero) is 7. The summed E-state index contributed by atoms with van der Waals surface area (Å²) < 4.78 is 5.19. The number of hydrogen-bond donors (Lipinski definition) is 7. The number of benzene rings is 5. The second-order valence-corrected chi connectivity index (χ2v) is 33.9. The number of ether oxygens (including phenoxy) is 1. The molecule has 8 saturated carbocycles. The standard InChI is InChI=1S/C16H23NO2.C16H23NO.2C15H19NO.C13H17NO2.C12H16N2O.C11H15NOS/c1-3-12-17-16(11-5-4-6-15(16)18)13-7-9-14(19-2)10-8-13;1-3-12-17-16(11-7-6-10-15(16)18)14-9-5-4-8-13(14)2;17-14-9-4-5-10-15(14,16-11-6-12-16)13-7-2-1-3-8-13;17-14-8-4-5-11-15(14,16-13-9-10-13)12-6-2-1-3-7-12;1-14-13(9-5-4-8-12(13)16)10-6-2-3-7-11(10)15;1-13-12(7-3-2-6-11(12)15)10-5-4-8-14-9-10;1-12-11(9-5-7-14-8-9)6-3-2-4-10(11)13/h7-10,17H,3-6,11-12H2,1-2H3;4-5,8-9,17H,3,6-7,10-12H2,1-2H3;1-3,7-8H,4-6,9-12H2;1-3,6-7,13,16H,4-5,8-11H2;2-3,6-7,14-15H,4-5,8-9H2,1H3;4-5,8-9,13H,2-3,6-7H2,1H3;5,7-8,12H,2-4,6H2,1H3/t2*16-;2*15-;13-;12-;11-/m0000000/s1. The van der Waals surface area contributed by atoms with Crippen molar-refractivity contribution in [1.29, 1.82) is 0 Å². The molecule has 0 amide bonds. The van der Waals surface area contributed by atoms with Gasteiger partial charge in [-0.15, -0.1) is 0 Å². The first-order chi connectivity index (χ1) is 56.4. The van der Waals surface area contributed by atoms with Gasteiger partial charge in [-0.2, -0.15) is 11.3 Å². The quantitative estimate of drug-likeness (QED) is 0.0376. The second-order valence-electron chi connectivity index (χ2n) is 33.1. The van der Waals surface area contributed by atoms with E-state index in [2.05, 4.69) is 123 Å². The number of pyridine rings is 1. The van der Waals surface area contributed by atoms with Crippen molar-refractivity contribution in [3.8, 4) is 11.5 Å². The van der Waals surface area contributed by atoms with Crippen molar-refractivity contribution in [2.75, 3.05) is 54.4 Å². The number of aromatic hydroxyl groups is 1. The molecule has 7 N–H and O–H groups in total. The zero-order valence-corrected chi connectivity index (χ0v) is 71.3. The average Bonchev–Trinajstić information content (AvgIpc) is 0.809. The molecule has 9 aliphatic rings. The van der Waals surface area contributed by atoms with Crippen LogP contribution in [-0.2, 0) is 72.3 Å². The highest BCUT2D eigenvalue weighted by Crippen LogP contribution is 2.45. The van der Waals surface area contributed by atoms with Crippen LogP contribution < -0.4 is 36.6 Å². The molecular weight excluding hydrogens is 1470 g/mol. The molecule has 1 saturated heterocycles. The Morgan fingerprint density at radius 2 is 0.845 bits per heavy atom. The Hall–Kier alpha value is -8.04. The first-order valence-electron chi connectivity index (χ1n) is 43.7. The molecule has 116 heavy (non-hydrogen) atoms. The van der Waals surface area contributed by atoms with Crippen molar-refractivity contribution in [2.24, 2.45) is 0 Å². The van der Waals surface area contributed by atoms with Crippen molar-refractivity contribution < 1.29 is 43.4 Å². The number of methoxy groups -OCH3 is 1. The summed E-state index contributed by atoms with van der Waals surface area (Å²) in [6.07, 6.45) is 35.6. The summed E-state index contributed by atoms with van der Waals surface area (Å²) >= 11 is 1.66. The van der Waals surface area contributed by atoms with Crippen LogP contribution in [0.4, 0.5) is 0 Å². The van der Waals surface area contributed by atoms with Crippen LogP contribution in [0, 0.1) is 6.92 Å². The van der Waals surface area contributed by atoms with Gasteiger partial charge in [0.25, 0.3) is 0 Å². The van der Waals surface area contributed by atoms with E-state index < -0.39 is 22.2 Å². The lowest BCUT2D eigenvalue weighted by molar-refractivity contribution is -0.139. The van der Waals surface area contributed by atoms with E-state index in [0.29, 0.717) is 72.0 Å². The highest BCUT2D eigenvalue weighted by Gasteiger charge is 2.50. The van der Waals surface area contributed by atoms with Gasteiger partial charge in [-0.1, -0.05) is 180 Å². The lowest BCUT2D eigenvalue weighted by Crippen LogP contribution is -2.58. The predicted molar refractivity (Wildman–Crippen MR) is 466 cm³/mol. The largest absolute Gasteiger partial charge is 0.508 e. The normalized spacial score (nSPS) is 26.6. The number of nitrogens with zero attached hydrogens (tertiary/aromatic N) is 2. The number of hydrogen-bond acceptors (Lipinski definition) is 18. The van der Waals surface area contributed by atoms with Crippen molar-refractivity contribution in [3.05, 3.63) is 219 Å². The van der Waals surface area contributed by atoms with Crippen LogP contribution in [0.25, 0.3) is 0 Å². The molecule has 1 aliphatic heterocycles. The fraction of sp³-hybridized carbons (Fsp3) is 0.531.